The van der Waals surface area contributed by atoms with E-state index in [0.29, 0.717) is 0 Å². The third-order valence-corrected chi connectivity index (χ3v) is 3.30. The molecule has 2 heterocycles. The average Bonchev–Trinajstić information content (AvgIpc) is 2.99. The van der Waals surface area contributed by atoms with Gasteiger partial charge in [0.05, 0.1) is 7.11 Å². The number of hydrogen-bond donors (Lipinski definition) is 0. The quantitative estimate of drug-likeness (QED) is 0.741. The Morgan fingerprint density at radius 2 is 2.04 bits per heavy atom. The maximum Gasteiger partial charge on any atom is 0.140 e. The Balaban J connectivity index is 0.000000338. The van der Waals surface area contributed by atoms with Crippen molar-refractivity contribution in [2.75, 3.05) is 7.11 Å². The lowest BCUT2D eigenvalue weighted by Gasteiger charge is -2.06. The predicted octanol–water partition coefficient (Wildman–Crippen LogP) is 2.24. The smallest absolute Gasteiger partial charge is 0.140 e. The van der Waals surface area contributed by atoms with Gasteiger partial charge in [-0.3, -0.25) is 0 Å². The molecule has 120 valence electrons. The van der Waals surface area contributed by atoms with Crippen LogP contribution in [0.15, 0.2) is 54.9 Å². The van der Waals surface area contributed by atoms with Gasteiger partial charge in [-0.2, -0.15) is 0 Å². The van der Waals surface area contributed by atoms with Crippen LogP contribution in [0.25, 0.3) is 11.0 Å². The summed E-state index contributed by atoms with van der Waals surface area (Å²) in [5, 5.41) is 10.4. The van der Waals surface area contributed by atoms with Crippen molar-refractivity contribution in [3.8, 4) is 5.75 Å². The number of methoxy groups -OCH3 is 1. The molecular formula is C18H19N2O3-. The summed E-state index contributed by atoms with van der Waals surface area (Å²) >= 11 is 0. The molecule has 0 amide bonds. The second-order valence-electron chi connectivity index (χ2n) is 4.94. The molecule has 0 radical (unpaired) electrons. The van der Waals surface area contributed by atoms with Crippen molar-refractivity contribution in [1.82, 2.24) is 9.55 Å². The second-order valence-corrected chi connectivity index (χ2v) is 4.94. The number of carboxylic acids is 1. The zero-order valence-corrected chi connectivity index (χ0v) is 13.2. The molecule has 3 aromatic rings. The molecule has 0 aliphatic carbocycles. The van der Waals surface area contributed by atoms with E-state index in [-0.39, 0.29) is 6.42 Å². The zero-order chi connectivity index (χ0) is 16.7. The fraction of sp³-hybridized carbons (Fsp3) is 0.222. The lowest BCUT2D eigenvalue weighted by atomic mass is 10.2. The van der Waals surface area contributed by atoms with Crippen molar-refractivity contribution in [3.05, 3.63) is 60.4 Å². The van der Waals surface area contributed by atoms with Crippen LogP contribution >= 0.6 is 0 Å². The molecule has 0 spiro atoms. The Bertz CT molecular complexity index is 781. The monoisotopic (exact) mass is 311 g/mol. The summed E-state index contributed by atoms with van der Waals surface area (Å²) in [5.74, 6) is -0.109. The summed E-state index contributed by atoms with van der Waals surface area (Å²) in [6.45, 7) is 2.34. The van der Waals surface area contributed by atoms with E-state index in [2.05, 4.69) is 40.0 Å². The number of aromatic nitrogens is 2. The highest BCUT2D eigenvalue weighted by molar-refractivity contribution is 5.75. The molecule has 0 aliphatic rings. The maximum atomic E-state index is 9.26. The van der Waals surface area contributed by atoms with Crippen LogP contribution in [-0.2, 0) is 11.3 Å². The Morgan fingerprint density at radius 3 is 2.74 bits per heavy atom. The van der Waals surface area contributed by atoms with Crippen molar-refractivity contribution in [2.45, 2.75) is 19.9 Å². The Kier molecular flexibility index (Phi) is 5.74. The normalized spacial score (nSPS) is 10.0. The fourth-order valence-electron chi connectivity index (χ4n) is 2.12. The van der Waals surface area contributed by atoms with Crippen LogP contribution < -0.4 is 9.84 Å². The van der Waals surface area contributed by atoms with Crippen LogP contribution in [0.3, 0.4) is 0 Å². The predicted molar refractivity (Wildman–Crippen MR) is 87.1 cm³/mol. The van der Waals surface area contributed by atoms with Crippen LogP contribution in [0.5, 0.6) is 5.75 Å². The number of aliphatic carboxylic acids is 1. The van der Waals surface area contributed by atoms with Gasteiger partial charge in [-0.15, -0.1) is 0 Å². The molecule has 0 aliphatic heterocycles. The molecule has 0 atom stereocenters. The van der Waals surface area contributed by atoms with Crippen LogP contribution in [0.2, 0.25) is 0 Å². The lowest BCUT2D eigenvalue weighted by Crippen LogP contribution is -2.19. The molecule has 5 nitrogen and oxygen atoms in total. The first kappa shape index (κ1) is 16.5. The molecule has 3 rings (SSSR count). The molecule has 23 heavy (non-hydrogen) atoms. The number of rotatable bonds is 4. The highest BCUT2D eigenvalue weighted by atomic mass is 16.5. The van der Waals surface area contributed by atoms with Crippen LogP contribution in [0, 0.1) is 0 Å². The maximum absolute atomic E-state index is 9.26. The van der Waals surface area contributed by atoms with E-state index in [1.807, 2.05) is 24.4 Å². The number of hydrogen-bond acceptors (Lipinski definition) is 4. The number of carbonyl (C=O) groups excluding carboxylic acids is 1. The topological polar surface area (TPSA) is 67.2 Å². The van der Waals surface area contributed by atoms with Gasteiger partial charge >= 0.3 is 0 Å². The van der Waals surface area contributed by atoms with Crippen molar-refractivity contribution >= 4 is 17.0 Å². The Labute approximate surface area is 135 Å². The summed E-state index contributed by atoms with van der Waals surface area (Å²) < 4.78 is 7.38. The lowest BCUT2D eigenvalue weighted by molar-refractivity contribution is -0.305. The molecule has 0 saturated carbocycles. The largest absolute Gasteiger partial charge is 0.550 e. The van der Waals surface area contributed by atoms with Gasteiger partial charge in [0.2, 0.25) is 0 Å². The molecule has 0 bridgehead atoms. The molecule has 5 heteroatoms. The highest BCUT2D eigenvalue weighted by Crippen LogP contribution is 2.17. The minimum absolute atomic E-state index is 0.111. The van der Waals surface area contributed by atoms with E-state index >= 15 is 0 Å². The SMILES string of the molecule is CCC(=O)[O-].COc1cccc(Cn2ccc3cccnc32)c1. The number of fused-ring (bicyclic) bond motifs is 1. The molecule has 0 saturated heterocycles. The van der Waals surface area contributed by atoms with Crippen molar-refractivity contribution < 1.29 is 14.6 Å². The third-order valence-electron chi connectivity index (χ3n) is 3.30. The summed E-state index contributed by atoms with van der Waals surface area (Å²) in [4.78, 5) is 13.7. The summed E-state index contributed by atoms with van der Waals surface area (Å²) in [6.07, 6.45) is 4.00. The summed E-state index contributed by atoms with van der Waals surface area (Å²) in [7, 11) is 1.69. The molecule has 2 aromatic heterocycles. The number of benzene rings is 1. The third kappa shape index (κ3) is 4.57. The fourth-order valence-corrected chi connectivity index (χ4v) is 2.12. The Hall–Kier alpha value is -2.82. The minimum Gasteiger partial charge on any atom is -0.550 e. The number of pyridine rings is 1. The molecule has 0 fully saturated rings. The molecule has 0 unspecified atom stereocenters. The number of carbonyl (C=O) groups is 1. The van der Waals surface area contributed by atoms with Gasteiger partial charge in [-0.1, -0.05) is 19.1 Å². The van der Waals surface area contributed by atoms with Crippen molar-refractivity contribution in [2.24, 2.45) is 0 Å². The van der Waals surface area contributed by atoms with Crippen LogP contribution in [0.1, 0.15) is 18.9 Å². The van der Waals surface area contributed by atoms with Gasteiger partial charge in [0, 0.05) is 30.3 Å². The Morgan fingerprint density at radius 1 is 1.26 bits per heavy atom. The van der Waals surface area contributed by atoms with Gasteiger partial charge in [0.25, 0.3) is 0 Å². The summed E-state index contributed by atoms with van der Waals surface area (Å²) in [6, 6.07) is 14.2. The van der Waals surface area contributed by atoms with Crippen LogP contribution in [0.4, 0.5) is 0 Å². The summed E-state index contributed by atoms with van der Waals surface area (Å²) in [5.41, 5.74) is 2.22. The number of carboxylic acid groups (broad SMARTS) is 1. The first-order valence-corrected chi connectivity index (χ1v) is 7.36. The average molecular weight is 311 g/mol. The van der Waals surface area contributed by atoms with E-state index in [9.17, 15) is 9.90 Å². The second kappa shape index (κ2) is 7.98. The van der Waals surface area contributed by atoms with Gasteiger partial charge in [-0.25, -0.2) is 4.98 Å². The van der Waals surface area contributed by atoms with E-state index in [4.69, 9.17) is 4.74 Å². The van der Waals surface area contributed by atoms with Gasteiger partial charge in [0.15, 0.2) is 0 Å². The molecule has 1 aromatic carbocycles. The van der Waals surface area contributed by atoms with E-state index in [1.54, 1.807) is 7.11 Å². The van der Waals surface area contributed by atoms with Gasteiger partial charge in [-0.05, 0) is 42.3 Å². The first-order chi connectivity index (χ1) is 11.1. The van der Waals surface area contributed by atoms with E-state index < -0.39 is 5.97 Å². The van der Waals surface area contributed by atoms with Crippen molar-refractivity contribution in [3.63, 3.8) is 0 Å². The number of nitrogens with zero attached hydrogens (tertiary/aromatic N) is 2. The van der Waals surface area contributed by atoms with Gasteiger partial charge in [0.1, 0.15) is 11.4 Å². The zero-order valence-electron chi connectivity index (χ0n) is 13.2. The highest BCUT2D eigenvalue weighted by Gasteiger charge is 2.02. The molecular weight excluding hydrogens is 292 g/mol. The molecule has 0 N–H and O–H groups in total. The number of ether oxygens (including phenoxy) is 1. The standard InChI is InChI=1S/C15H14N2O.C3H6O2/c1-18-14-6-2-4-12(10-14)11-17-9-7-13-5-3-8-16-15(13)17;1-2-3(4)5/h2-10H,11H2,1H3;2H2,1H3,(H,4,5)/p-1. The van der Waals surface area contributed by atoms with Crippen LogP contribution in [-0.4, -0.2) is 22.6 Å². The van der Waals surface area contributed by atoms with Gasteiger partial charge < -0.3 is 19.2 Å². The first-order valence-electron chi connectivity index (χ1n) is 7.36. The van der Waals surface area contributed by atoms with Crippen molar-refractivity contribution in [1.29, 1.82) is 0 Å². The minimum atomic E-state index is -0.995. The van der Waals surface area contributed by atoms with E-state index in [0.717, 1.165) is 17.9 Å². The van der Waals surface area contributed by atoms with E-state index in [1.165, 1.54) is 17.9 Å².